The minimum Gasteiger partial charge on any atom is -0.296 e. The van der Waals surface area contributed by atoms with E-state index >= 15 is 0 Å². The molecule has 0 radical (unpaired) electrons. The van der Waals surface area contributed by atoms with Gasteiger partial charge in [-0.15, -0.1) is 11.8 Å². The topological polar surface area (TPSA) is 12.0 Å². The molecule has 7 heteroatoms. The van der Waals surface area contributed by atoms with Crippen LogP contribution in [0.2, 0.25) is 5.02 Å². The molecule has 0 amide bonds. The summed E-state index contributed by atoms with van der Waals surface area (Å²) in [5.74, 6) is 0.685. The van der Waals surface area contributed by atoms with Crippen LogP contribution in [0.15, 0.2) is 47.4 Å². The summed E-state index contributed by atoms with van der Waals surface area (Å²) in [5.41, 5.74) is 1.32. The molecule has 2 aromatic rings. The van der Waals surface area contributed by atoms with Crippen molar-refractivity contribution in [2.45, 2.75) is 43.3 Å². The molecule has 0 saturated heterocycles. The molecule has 0 saturated carbocycles. The lowest BCUT2D eigenvalue weighted by Gasteiger charge is -2.14. The number of nitrogens with one attached hydrogen (secondary N) is 1. The van der Waals surface area contributed by atoms with Crippen LogP contribution in [0.4, 0.5) is 13.2 Å². The van der Waals surface area contributed by atoms with Crippen molar-refractivity contribution in [3.05, 3.63) is 64.2 Å². The Kier molecular flexibility index (Phi) is 8.75. The highest BCUT2D eigenvalue weighted by Crippen LogP contribution is 2.37. The molecule has 1 unspecified atom stereocenters. The summed E-state index contributed by atoms with van der Waals surface area (Å²) in [5, 5.41) is 3.53. The van der Waals surface area contributed by atoms with Gasteiger partial charge in [-0.05, 0) is 60.4 Å². The predicted molar refractivity (Wildman–Crippen MR) is 108 cm³/mol. The van der Waals surface area contributed by atoms with Crippen LogP contribution in [0.3, 0.4) is 0 Å². The van der Waals surface area contributed by atoms with E-state index in [9.17, 15) is 13.2 Å². The summed E-state index contributed by atoms with van der Waals surface area (Å²) < 4.78 is 39.8. The molecule has 142 valence electrons. The van der Waals surface area contributed by atoms with E-state index in [4.69, 9.17) is 11.6 Å². The maximum atomic E-state index is 13.3. The Balaban J connectivity index is 1.80. The van der Waals surface area contributed by atoms with Gasteiger partial charge in [0.05, 0.1) is 5.56 Å². The van der Waals surface area contributed by atoms with Gasteiger partial charge in [-0.2, -0.15) is 13.2 Å². The number of thioether (sulfide) groups is 1. The Morgan fingerprint density at radius 1 is 0.962 bits per heavy atom. The van der Waals surface area contributed by atoms with Gasteiger partial charge < -0.3 is 0 Å². The van der Waals surface area contributed by atoms with Crippen LogP contribution >= 0.6 is 32.8 Å². The lowest BCUT2D eigenvalue weighted by molar-refractivity contribution is -0.139. The molecule has 0 fully saturated rings. The van der Waals surface area contributed by atoms with Gasteiger partial charge in [0.2, 0.25) is 0 Å². The molecule has 2 rings (SSSR count). The summed E-state index contributed by atoms with van der Waals surface area (Å²) in [7, 11) is 2.30. The fraction of sp³-hybridized carbons (Fsp3) is 0.368. The summed E-state index contributed by atoms with van der Waals surface area (Å²) in [6.07, 6.45) is -0.455. The Bertz CT molecular complexity index is 692. The van der Waals surface area contributed by atoms with Crippen LogP contribution in [-0.2, 0) is 19.1 Å². The SMILES string of the molecule is FC(F)(F)c1cc(CNP)ccc1SCCCCCc1ccc(Cl)cc1. The summed E-state index contributed by atoms with van der Waals surface area (Å²) >= 11 is 7.14. The van der Waals surface area contributed by atoms with Gasteiger partial charge in [0.1, 0.15) is 0 Å². The van der Waals surface area contributed by atoms with E-state index in [2.05, 4.69) is 14.5 Å². The molecule has 1 atom stereocenters. The van der Waals surface area contributed by atoms with Crippen molar-refractivity contribution in [2.24, 2.45) is 0 Å². The number of rotatable bonds is 9. The molecular weight excluding hydrogens is 398 g/mol. The van der Waals surface area contributed by atoms with E-state index in [1.165, 1.54) is 23.4 Å². The first kappa shape index (κ1) is 21.6. The van der Waals surface area contributed by atoms with E-state index < -0.39 is 11.7 Å². The van der Waals surface area contributed by atoms with Crippen molar-refractivity contribution < 1.29 is 13.2 Å². The third-order valence-corrected chi connectivity index (χ3v) is 5.55. The summed E-state index contributed by atoms with van der Waals surface area (Å²) in [6, 6.07) is 12.3. The quantitative estimate of drug-likeness (QED) is 0.274. The van der Waals surface area contributed by atoms with Crippen molar-refractivity contribution in [1.82, 2.24) is 5.09 Å². The number of benzene rings is 2. The van der Waals surface area contributed by atoms with Gasteiger partial charge in [-0.25, -0.2) is 0 Å². The third kappa shape index (κ3) is 7.11. The Morgan fingerprint density at radius 2 is 1.65 bits per heavy atom. The van der Waals surface area contributed by atoms with Crippen molar-refractivity contribution in [2.75, 3.05) is 5.75 Å². The van der Waals surface area contributed by atoms with Crippen LogP contribution < -0.4 is 5.09 Å². The maximum Gasteiger partial charge on any atom is 0.417 e. The zero-order valence-electron chi connectivity index (χ0n) is 14.3. The smallest absolute Gasteiger partial charge is 0.296 e. The normalized spacial score (nSPS) is 11.7. The maximum absolute atomic E-state index is 13.3. The highest BCUT2D eigenvalue weighted by molar-refractivity contribution is 7.99. The molecular formula is C19H22ClF3NPS. The Labute approximate surface area is 164 Å². The van der Waals surface area contributed by atoms with E-state index in [1.807, 2.05) is 24.3 Å². The second-order valence-corrected chi connectivity index (χ2v) is 7.98. The number of hydrogen-bond acceptors (Lipinski definition) is 2. The van der Waals surface area contributed by atoms with Gasteiger partial charge in [-0.3, -0.25) is 5.09 Å². The van der Waals surface area contributed by atoms with Gasteiger partial charge >= 0.3 is 6.18 Å². The van der Waals surface area contributed by atoms with Gasteiger partial charge in [0, 0.05) is 16.5 Å². The highest BCUT2D eigenvalue weighted by Gasteiger charge is 2.33. The molecule has 26 heavy (non-hydrogen) atoms. The van der Waals surface area contributed by atoms with Gasteiger partial charge in [0.25, 0.3) is 0 Å². The van der Waals surface area contributed by atoms with Crippen molar-refractivity contribution >= 4 is 32.8 Å². The van der Waals surface area contributed by atoms with E-state index in [1.54, 1.807) is 12.1 Å². The predicted octanol–water partition coefficient (Wildman–Crippen LogP) is 6.74. The van der Waals surface area contributed by atoms with Crippen LogP contribution in [0.25, 0.3) is 0 Å². The van der Waals surface area contributed by atoms with Crippen LogP contribution in [-0.4, -0.2) is 5.75 Å². The number of unbranched alkanes of at least 4 members (excludes halogenated alkanes) is 2. The fourth-order valence-electron chi connectivity index (χ4n) is 2.59. The minimum absolute atomic E-state index is 0.308. The molecule has 2 aromatic carbocycles. The summed E-state index contributed by atoms with van der Waals surface area (Å²) in [6.45, 7) is 0.392. The molecule has 0 aromatic heterocycles. The molecule has 1 N–H and O–H groups in total. The molecule has 1 nitrogen and oxygen atoms in total. The molecule has 0 aliphatic rings. The lowest BCUT2D eigenvalue weighted by atomic mass is 10.1. The average molecular weight is 420 g/mol. The first-order chi connectivity index (χ1) is 12.4. The third-order valence-electron chi connectivity index (χ3n) is 3.94. The molecule has 0 heterocycles. The second kappa shape index (κ2) is 10.6. The summed E-state index contributed by atoms with van der Waals surface area (Å²) in [4.78, 5) is 0.308. The molecule has 0 aliphatic carbocycles. The number of aryl methyl sites for hydroxylation is 1. The molecule has 0 spiro atoms. The largest absolute Gasteiger partial charge is 0.417 e. The Morgan fingerprint density at radius 3 is 2.31 bits per heavy atom. The number of halogens is 4. The fourth-order valence-corrected chi connectivity index (χ4v) is 4.02. The van der Waals surface area contributed by atoms with Gasteiger partial charge in [0.15, 0.2) is 0 Å². The zero-order chi connectivity index (χ0) is 19.0. The van der Waals surface area contributed by atoms with Crippen LogP contribution in [0.1, 0.15) is 36.0 Å². The zero-order valence-corrected chi connectivity index (χ0v) is 17.0. The van der Waals surface area contributed by atoms with E-state index in [0.717, 1.165) is 30.7 Å². The van der Waals surface area contributed by atoms with Crippen molar-refractivity contribution in [3.63, 3.8) is 0 Å². The highest BCUT2D eigenvalue weighted by atomic mass is 35.5. The second-order valence-electron chi connectivity index (χ2n) is 5.99. The van der Waals surface area contributed by atoms with Crippen LogP contribution in [0.5, 0.6) is 0 Å². The standard InChI is InChI=1S/C19H22ClF3NPS/c20-16-8-5-14(6-9-16)4-2-1-3-11-26-18-10-7-15(13-24-25)12-17(18)19(21,22)23/h5-10,12,24H,1-4,11,13,25H2. The molecule has 0 bridgehead atoms. The van der Waals surface area contributed by atoms with Crippen LogP contribution in [0, 0.1) is 0 Å². The lowest BCUT2D eigenvalue weighted by Crippen LogP contribution is -2.09. The van der Waals surface area contributed by atoms with Crippen molar-refractivity contribution in [1.29, 1.82) is 0 Å². The number of alkyl halides is 3. The minimum atomic E-state index is -4.33. The van der Waals surface area contributed by atoms with Crippen molar-refractivity contribution in [3.8, 4) is 0 Å². The number of hydrogen-bond donors (Lipinski definition) is 1. The van der Waals surface area contributed by atoms with E-state index in [-0.39, 0.29) is 0 Å². The first-order valence-corrected chi connectivity index (χ1v) is 10.3. The first-order valence-electron chi connectivity index (χ1n) is 8.41. The Hall–Kier alpha value is -0.740. The van der Waals surface area contributed by atoms with E-state index in [0.29, 0.717) is 22.8 Å². The molecule has 0 aliphatic heterocycles. The van der Waals surface area contributed by atoms with Gasteiger partial charge in [-0.1, -0.05) is 45.6 Å². The average Bonchev–Trinajstić information content (AvgIpc) is 2.60. The monoisotopic (exact) mass is 419 g/mol.